The fourth-order valence-electron chi connectivity index (χ4n) is 1.61. The molecule has 1 rings (SSSR count). The van der Waals surface area contributed by atoms with Crippen LogP contribution in [-0.4, -0.2) is 31.9 Å². The Morgan fingerprint density at radius 3 is 2.58 bits per heavy atom. The standard InChI is InChI=1S/C13H20N2O3S/c1-9-4-5-10(2)12(8-9)15-13(16)11(3)19(17,18)7-6-14/h4-5,8,11H,6-7,14H2,1-3H3,(H,15,16). The third kappa shape index (κ3) is 4.04. The summed E-state index contributed by atoms with van der Waals surface area (Å²) in [5.74, 6) is -0.712. The van der Waals surface area contributed by atoms with E-state index in [9.17, 15) is 13.2 Å². The van der Waals surface area contributed by atoms with Crippen molar-refractivity contribution in [1.82, 2.24) is 0 Å². The van der Waals surface area contributed by atoms with E-state index in [4.69, 9.17) is 5.73 Å². The lowest BCUT2D eigenvalue weighted by Crippen LogP contribution is -2.36. The molecular formula is C13H20N2O3S. The lowest BCUT2D eigenvalue weighted by atomic mass is 10.1. The number of carbonyl (C=O) groups excluding carboxylic acids is 1. The normalized spacial score (nSPS) is 13.1. The smallest absolute Gasteiger partial charge is 0.242 e. The summed E-state index contributed by atoms with van der Waals surface area (Å²) >= 11 is 0. The summed E-state index contributed by atoms with van der Waals surface area (Å²) in [5, 5.41) is 1.56. The molecule has 0 bridgehead atoms. The molecule has 0 spiro atoms. The predicted molar refractivity (Wildman–Crippen MR) is 76.8 cm³/mol. The van der Waals surface area contributed by atoms with Gasteiger partial charge < -0.3 is 11.1 Å². The molecule has 0 fully saturated rings. The van der Waals surface area contributed by atoms with Crippen LogP contribution >= 0.6 is 0 Å². The highest BCUT2D eigenvalue weighted by Gasteiger charge is 2.27. The van der Waals surface area contributed by atoms with Crippen LogP contribution in [-0.2, 0) is 14.6 Å². The number of hydrogen-bond acceptors (Lipinski definition) is 4. The summed E-state index contributed by atoms with van der Waals surface area (Å²) in [6, 6.07) is 5.62. The van der Waals surface area contributed by atoms with E-state index in [0.717, 1.165) is 11.1 Å². The van der Waals surface area contributed by atoms with E-state index in [-0.39, 0.29) is 12.3 Å². The maximum atomic E-state index is 12.0. The second-order valence-corrected chi connectivity index (χ2v) is 7.05. The van der Waals surface area contributed by atoms with E-state index in [0.29, 0.717) is 5.69 Å². The number of carbonyl (C=O) groups is 1. The van der Waals surface area contributed by atoms with Gasteiger partial charge in [-0.2, -0.15) is 0 Å². The Bertz CT molecular complexity index is 567. The van der Waals surface area contributed by atoms with Crippen LogP contribution in [0.2, 0.25) is 0 Å². The second-order valence-electron chi connectivity index (χ2n) is 4.61. The number of aryl methyl sites for hydroxylation is 2. The van der Waals surface area contributed by atoms with Crippen LogP contribution in [0.15, 0.2) is 18.2 Å². The Kier molecular flexibility index (Phi) is 5.08. The van der Waals surface area contributed by atoms with Crippen LogP contribution in [0, 0.1) is 13.8 Å². The van der Waals surface area contributed by atoms with Crippen LogP contribution in [0.25, 0.3) is 0 Å². The van der Waals surface area contributed by atoms with Gasteiger partial charge >= 0.3 is 0 Å². The highest BCUT2D eigenvalue weighted by Crippen LogP contribution is 2.17. The van der Waals surface area contributed by atoms with Crippen molar-refractivity contribution in [1.29, 1.82) is 0 Å². The van der Waals surface area contributed by atoms with Crippen molar-refractivity contribution in [2.75, 3.05) is 17.6 Å². The molecule has 0 saturated carbocycles. The summed E-state index contributed by atoms with van der Waals surface area (Å²) in [4.78, 5) is 12.0. The van der Waals surface area contributed by atoms with Crippen molar-refractivity contribution in [3.63, 3.8) is 0 Å². The molecule has 3 N–H and O–H groups in total. The topological polar surface area (TPSA) is 89.3 Å². The highest BCUT2D eigenvalue weighted by molar-refractivity contribution is 7.92. The number of rotatable bonds is 5. The van der Waals surface area contributed by atoms with Crippen LogP contribution in [0.5, 0.6) is 0 Å². The van der Waals surface area contributed by atoms with E-state index < -0.39 is 21.0 Å². The van der Waals surface area contributed by atoms with Gasteiger partial charge in [-0.05, 0) is 38.0 Å². The number of nitrogens with two attached hydrogens (primary N) is 1. The number of amides is 1. The maximum absolute atomic E-state index is 12.0. The maximum Gasteiger partial charge on any atom is 0.242 e. The number of anilines is 1. The van der Waals surface area contributed by atoms with Gasteiger partial charge in [-0.15, -0.1) is 0 Å². The second kappa shape index (κ2) is 6.16. The zero-order valence-electron chi connectivity index (χ0n) is 11.4. The molecule has 5 nitrogen and oxygen atoms in total. The quantitative estimate of drug-likeness (QED) is 0.844. The third-order valence-corrected chi connectivity index (χ3v) is 5.06. The number of nitrogens with one attached hydrogen (secondary N) is 1. The van der Waals surface area contributed by atoms with E-state index >= 15 is 0 Å². The van der Waals surface area contributed by atoms with Gasteiger partial charge in [0.15, 0.2) is 9.84 Å². The minimum Gasteiger partial charge on any atom is -0.329 e. The van der Waals surface area contributed by atoms with Gasteiger partial charge in [0.2, 0.25) is 5.91 Å². The first-order chi connectivity index (χ1) is 8.77. The molecule has 1 aromatic rings. The zero-order valence-corrected chi connectivity index (χ0v) is 12.3. The molecule has 1 aromatic carbocycles. The molecule has 0 heterocycles. The van der Waals surface area contributed by atoms with Crippen molar-refractivity contribution in [3.05, 3.63) is 29.3 Å². The fourth-order valence-corrected chi connectivity index (χ4v) is 2.68. The van der Waals surface area contributed by atoms with Gasteiger partial charge in [0.1, 0.15) is 5.25 Å². The highest BCUT2D eigenvalue weighted by atomic mass is 32.2. The third-order valence-electron chi connectivity index (χ3n) is 2.96. The van der Waals surface area contributed by atoms with Gasteiger partial charge in [-0.1, -0.05) is 12.1 Å². The van der Waals surface area contributed by atoms with Crippen molar-refractivity contribution in [3.8, 4) is 0 Å². The van der Waals surface area contributed by atoms with Gasteiger partial charge in [-0.25, -0.2) is 8.42 Å². The van der Waals surface area contributed by atoms with Crippen LogP contribution in [0.1, 0.15) is 18.1 Å². The van der Waals surface area contributed by atoms with Crippen molar-refractivity contribution in [2.45, 2.75) is 26.0 Å². The first-order valence-electron chi connectivity index (χ1n) is 6.07. The summed E-state index contributed by atoms with van der Waals surface area (Å²) < 4.78 is 23.5. The fraction of sp³-hybridized carbons (Fsp3) is 0.462. The lowest BCUT2D eigenvalue weighted by Gasteiger charge is -2.14. The molecular weight excluding hydrogens is 264 g/mol. The average molecular weight is 284 g/mol. The molecule has 0 saturated heterocycles. The van der Waals surface area contributed by atoms with Crippen LogP contribution in [0.4, 0.5) is 5.69 Å². The zero-order chi connectivity index (χ0) is 14.6. The molecule has 0 aliphatic carbocycles. The molecule has 0 radical (unpaired) electrons. The molecule has 1 atom stereocenters. The van der Waals surface area contributed by atoms with E-state index in [1.54, 1.807) is 0 Å². The minimum absolute atomic E-state index is 0.0173. The Balaban J connectivity index is 2.88. The summed E-state index contributed by atoms with van der Waals surface area (Å²) in [7, 11) is -3.49. The van der Waals surface area contributed by atoms with E-state index in [1.807, 2.05) is 32.0 Å². The molecule has 0 aliphatic rings. The van der Waals surface area contributed by atoms with Crippen LogP contribution < -0.4 is 11.1 Å². The molecule has 1 amide bonds. The van der Waals surface area contributed by atoms with E-state index in [2.05, 4.69) is 5.32 Å². The Morgan fingerprint density at radius 2 is 2.00 bits per heavy atom. The average Bonchev–Trinajstić information content (AvgIpc) is 2.32. The monoisotopic (exact) mass is 284 g/mol. The van der Waals surface area contributed by atoms with Gasteiger partial charge in [0, 0.05) is 12.2 Å². The molecule has 19 heavy (non-hydrogen) atoms. The molecule has 106 valence electrons. The summed E-state index contributed by atoms with van der Waals surface area (Å²) in [6.07, 6.45) is 0. The SMILES string of the molecule is Cc1ccc(C)c(NC(=O)C(C)S(=O)(=O)CCN)c1. The first-order valence-corrected chi connectivity index (χ1v) is 7.79. The number of hydrogen-bond donors (Lipinski definition) is 2. The Labute approximate surface area is 114 Å². The summed E-state index contributed by atoms with van der Waals surface area (Å²) in [5.41, 5.74) is 7.77. The van der Waals surface area contributed by atoms with Crippen molar-refractivity contribution in [2.24, 2.45) is 5.73 Å². The van der Waals surface area contributed by atoms with Crippen molar-refractivity contribution >= 4 is 21.4 Å². The summed E-state index contributed by atoms with van der Waals surface area (Å²) in [6.45, 7) is 5.16. The lowest BCUT2D eigenvalue weighted by molar-refractivity contribution is -0.115. The largest absolute Gasteiger partial charge is 0.329 e. The molecule has 6 heteroatoms. The minimum atomic E-state index is -3.49. The van der Waals surface area contributed by atoms with Gasteiger partial charge in [0.05, 0.1) is 5.75 Å². The van der Waals surface area contributed by atoms with E-state index in [1.165, 1.54) is 6.92 Å². The number of benzene rings is 1. The molecule has 0 aromatic heterocycles. The Hall–Kier alpha value is -1.40. The molecule has 0 aliphatic heterocycles. The van der Waals surface area contributed by atoms with Crippen molar-refractivity contribution < 1.29 is 13.2 Å². The predicted octanol–water partition coefficient (Wildman–Crippen LogP) is 1.00. The van der Waals surface area contributed by atoms with Gasteiger partial charge in [0.25, 0.3) is 0 Å². The van der Waals surface area contributed by atoms with Crippen LogP contribution in [0.3, 0.4) is 0 Å². The van der Waals surface area contributed by atoms with Gasteiger partial charge in [-0.3, -0.25) is 4.79 Å². The molecule has 1 unspecified atom stereocenters. The first kappa shape index (κ1) is 15.7. The number of sulfone groups is 1. The Morgan fingerprint density at radius 1 is 1.37 bits per heavy atom.